The van der Waals surface area contributed by atoms with Gasteiger partial charge in [-0.2, -0.15) is 0 Å². The third-order valence-corrected chi connectivity index (χ3v) is 2.17. The van der Waals surface area contributed by atoms with Crippen molar-refractivity contribution in [3.05, 3.63) is 47.8 Å². The van der Waals surface area contributed by atoms with E-state index in [-0.39, 0.29) is 5.56 Å². The maximum absolute atomic E-state index is 10.7. The molecule has 4 heteroatoms. The second-order valence-electron chi connectivity index (χ2n) is 3.44. The summed E-state index contributed by atoms with van der Waals surface area (Å²) in [5.74, 6) is -1.21. The summed E-state index contributed by atoms with van der Waals surface area (Å²) in [7, 11) is 0. The number of aryl methyl sites for hydroxylation is 1. The smallest absolute Gasteiger partial charge is 0.0892 e. The third-order valence-electron chi connectivity index (χ3n) is 2.17. The van der Waals surface area contributed by atoms with Gasteiger partial charge in [0.15, 0.2) is 0 Å². The van der Waals surface area contributed by atoms with Crippen LogP contribution in [0.3, 0.4) is 0 Å². The molecule has 2 aromatic heterocycles. The van der Waals surface area contributed by atoms with Crippen molar-refractivity contribution in [3.8, 4) is 11.4 Å². The molecule has 2 rings (SSSR count). The van der Waals surface area contributed by atoms with Gasteiger partial charge in [-0.05, 0) is 36.8 Å². The Hall–Kier alpha value is -2.23. The minimum Gasteiger partial charge on any atom is -0.545 e. The maximum atomic E-state index is 10.7. The van der Waals surface area contributed by atoms with Gasteiger partial charge in [0.1, 0.15) is 0 Å². The number of pyridine rings is 2. The quantitative estimate of drug-likeness (QED) is 0.740. The second-order valence-corrected chi connectivity index (χ2v) is 3.44. The molecule has 0 amide bonds. The molecule has 0 atom stereocenters. The van der Waals surface area contributed by atoms with Crippen molar-refractivity contribution >= 4 is 5.97 Å². The van der Waals surface area contributed by atoms with Gasteiger partial charge in [-0.15, -0.1) is 0 Å². The van der Waals surface area contributed by atoms with Crippen LogP contribution in [0.25, 0.3) is 11.4 Å². The fourth-order valence-electron chi connectivity index (χ4n) is 1.37. The Morgan fingerprint density at radius 2 is 1.75 bits per heavy atom. The Balaban J connectivity index is 2.48. The summed E-state index contributed by atoms with van der Waals surface area (Å²) in [4.78, 5) is 18.9. The van der Waals surface area contributed by atoms with E-state index in [4.69, 9.17) is 0 Å². The van der Waals surface area contributed by atoms with E-state index in [0.29, 0.717) is 11.4 Å². The number of hydrogen-bond acceptors (Lipinski definition) is 4. The summed E-state index contributed by atoms with van der Waals surface area (Å²) in [6, 6.07) is 6.57. The van der Waals surface area contributed by atoms with Crippen LogP contribution >= 0.6 is 0 Å². The average molecular weight is 213 g/mol. The monoisotopic (exact) mass is 213 g/mol. The molecular weight excluding hydrogens is 204 g/mol. The van der Waals surface area contributed by atoms with E-state index in [9.17, 15) is 9.90 Å². The second kappa shape index (κ2) is 4.10. The zero-order valence-electron chi connectivity index (χ0n) is 8.68. The molecule has 0 N–H and O–H groups in total. The van der Waals surface area contributed by atoms with Crippen molar-refractivity contribution in [3.63, 3.8) is 0 Å². The lowest BCUT2D eigenvalue weighted by atomic mass is 10.1. The molecule has 0 saturated carbocycles. The highest BCUT2D eigenvalue weighted by Gasteiger charge is 2.02. The van der Waals surface area contributed by atoms with Gasteiger partial charge >= 0.3 is 0 Å². The van der Waals surface area contributed by atoms with Gasteiger partial charge < -0.3 is 9.90 Å². The molecule has 0 bridgehead atoms. The molecule has 2 aromatic rings. The van der Waals surface area contributed by atoms with Crippen LogP contribution in [0.2, 0.25) is 0 Å². The topological polar surface area (TPSA) is 65.9 Å². The van der Waals surface area contributed by atoms with E-state index >= 15 is 0 Å². The molecular formula is C12H9N2O2-. The zero-order valence-corrected chi connectivity index (χ0v) is 8.68. The van der Waals surface area contributed by atoms with Crippen LogP contribution < -0.4 is 5.11 Å². The highest BCUT2D eigenvalue weighted by atomic mass is 16.4. The van der Waals surface area contributed by atoms with E-state index in [1.165, 1.54) is 18.3 Å². The van der Waals surface area contributed by atoms with E-state index in [1.54, 1.807) is 6.20 Å². The number of aromatic nitrogens is 2. The molecule has 0 aliphatic rings. The predicted octanol–water partition coefficient (Wildman–Crippen LogP) is 0.816. The van der Waals surface area contributed by atoms with Crippen LogP contribution in [-0.2, 0) is 0 Å². The lowest BCUT2D eigenvalue weighted by Gasteiger charge is -2.05. The highest BCUT2D eigenvalue weighted by Crippen LogP contribution is 2.15. The van der Waals surface area contributed by atoms with Crippen LogP contribution in [0.5, 0.6) is 0 Å². The Morgan fingerprint density at radius 3 is 2.38 bits per heavy atom. The number of rotatable bonds is 2. The summed E-state index contributed by atoms with van der Waals surface area (Å²) >= 11 is 0. The predicted molar refractivity (Wildman–Crippen MR) is 56.5 cm³/mol. The summed E-state index contributed by atoms with van der Waals surface area (Å²) < 4.78 is 0. The Bertz CT molecular complexity index is 538. The molecule has 16 heavy (non-hydrogen) atoms. The minimum atomic E-state index is -1.21. The van der Waals surface area contributed by atoms with Crippen LogP contribution in [-0.4, -0.2) is 15.9 Å². The van der Waals surface area contributed by atoms with Crippen molar-refractivity contribution in [2.75, 3.05) is 0 Å². The molecule has 0 aliphatic carbocycles. The van der Waals surface area contributed by atoms with Crippen LogP contribution in [0.4, 0.5) is 0 Å². The van der Waals surface area contributed by atoms with Gasteiger partial charge in [-0.1, -0.05) is 0 Å². The number of carbonyl (C=O) groups is 1. The molecule has 0 aliphatic heterocycles. The zero-order chi connectivity index (χ0) is 11.5. The maximum Gasteiger partial charge on any atom is 0.0892 e. The van der Waals surface area contributed by atoms with Crippen molar-refractivity contribution in [1.82, 2.24) is 9.97 Å². The van der Waals surface area contributed by atoms with Gasteiger partial charge in [0.05, 0.1) is 17.4 Å². The molecule has 0 fully saturated rings. The third kappa shape index (κ3) is 2.06. The van der Waals surface area contributed by atoms with E-state index in [1.807, 2.05) is 19.1 Å². The molecule has 0 aromatic carbocycles. The summed E-state index contributed by atoms with van der Waals surface area (Å²) in [5, 5.41) is 10.7. The van der Waals surface area contributed by atoms with E-state index in [2.05, 4.69) is 9.97 Å². The molecule has 0 unspecified atom stereocenters. The first-order valence-corrected chi connectivity index (χ1v) is 4.77. The molecule has 80 valence electrons. The van der Waals surface area contributed by atoms with Crippen molar-refractivity contribution in [1.29, 1.82) is 0 Å². The normalized spacial score (nSPS) is 10.1. The number of hydrogen-bond donors (Lipinski definition) is 0. The van der Waals surface area contributed by atoms with Gasteiger partial charge in [-0.3, -0.25) is 9.97 Å². The number of aromatic carboxylic acids is 1. The fraction of sp³-hybridized carbons (Fsp3) is 0.0833. The average Bonchev–Trinajstić information content (AvgIpc) is 2.29. The Labute approximate surface area is 92.6 Å². The Morgan fingerprint density at radius 1 is 1.12 bits per heavy atom. The SMILES string of the molecule is Cc1ccnc(-c2cc(C(=O)[O-])ccn2)c1. The van der Waals surface area contributed by atoms with Gasteiger partial charge in [0.2, 0.25) is 0 Å². The van der Waals surface area contributed by atoms with Crippen LogP contribution in [0.1, 0.15) is 15.9 Å². The largest absolute Gasteiger partial charge is 0.545 e. The number of nitrogens with zero attached hydrogens (tertiary/aromatic N) is 2. The number of carbonyl (C=O) groups excluding carboxylic acids is 1. The Kier molecular flexibility index (Phi) is 2.64. The van der Waals surface area contributed by atoms with Gasteiger partial charge in [-0.25, -0.2) is 0 Å². The first-order chi connectivity index (χ1) is 7.66. The van der Waals surface area contributed by atoms with Crippen LogP contribution in [0, 0.1) is 6.92 Å². The van der Waals surface area contributed by atoms with Gasteiger partial charge in [0, 0.05) is 18.0 Å². The summed E-state index contributed by atoms with van der Waals surface area (Å²) in [5.41, 5.74) is 2.34. The van der Waals surface area contributed by atoms with Crippen molar-refractivity contribution in [2.24, 2.45) is 0 Å². The lowest BCUT2D eigenvalue weighted by molar-refractivity contribution is -0.255. The van der Waals surface area contributed by atoms with E-state index < -0.39 is 5.97 Å². The van der Waals surface area contributed by atoms with Crippen LogP contribution in [0.15, 0.2) is 36.7 Å². The summed E-state index contributed by atoms with van der Waals surface area (Å²) in [6.07, 6.45) is 3.10. The van der Waals surface area contributed by atoms with Gasteiger partial charge in [0.25, 0.3) is 0 Å². The van der Waals surface area contributed by atoms with Crippen molar-refractivity contribution < 1.29 is 9.90 Å². The molecule has 2 heterocycles. The summed E-state index contributed by atoms with van der Waals surface area (Å²) in [6.45, 7) is 1.94. The molecule has 0 radical (unpaired) electrons. The standard InChI is InChI=1S/C12H10N2O2/c1-8-2-4-13-10(6-8)11-7-9(12(15)16)3-5-14-11/h2-7H,1H3,(H,15,16)/p-1. The van der Waals surface area contributed by atoms with E-state index in [0.717, 1.165) is 5.56 Å². The fourth-order valence-corrected chi connectivity index (χ4v) is 1.37. The highest BCUT2D eigenvalue weighted by molar-refractivity contribution is 5.86. The minimum absolute atomic E-state index is 0.105. The molecule has 0 saturated heterocycles. The molecule has 4 nitrogen and oxygen atoms in total. The number of carboxylic acid groups (broad SMARTS) is 1. The number of carboxylic acids is 1. The van der Waals surface area contributed by atoms with Crippen molar-refractivity contribution in [2.45, 2.75) is 6.92 Å². The first-order valence-electron chi connectivity index (χ1n) is 4.77. The molecule has 0 spiro atoms. The first kappa shape index (κ1) is 10.3. The lowest BCUT2D eigenvalue weighted by Crippen LogP contribution is -2.22.